The Morgan fingerprint density at radius 1 is 1.30 bits per heavy atom. The molecule has 0 spiro atoms. The van der Waals surface area contributed by atoms with Gasteiger partial charge in [-0.2, -0.15) is 0 Å². The lowest BCUT2D eigenvalue weighted by Crippen LogP contribution is -2.24. The number of esters is 1. The first-order valence-electron chi connectivity index (χ1n) is 9.06. The molecular weight excluding hydrogens is 362 g/mol. The summed E-state index contributed by atoms with van der Waals surface area (Å²) in [5.41, 5.74) is 1.73. The zero-order chi connectivity index (χ0) is 18.8. The number of rotatable bonds is 6. The van der Waals surface area contributed by atoms with Crippen molar-refractivity contribution in [1.29, 1.82) is 0 Å². The van der Waals surface area contributed by atoms with Gasteiger partial charge in [-0.3, -0.25) is 9.59 Å². The van der Waals surface area contributed by atoms with Crippen LogP contribution in [0.25, 0.3) is 11.0 Å². The number of thiophene rings is 1. The van der Waals surface area contributed by atoms with Crippen LogP contribution in [0.4, 0.5) is 0 Å². The number of amides is 1. The Bertz CT molecular complexity index is 964. The van der Waals surface area contributed by atoms with Crippen molar-refractivity contribution in [2.45, 2.75) is 32.4 Å². The van der Waals surface area contributed by atoms with Crippen LogP contribution < -0.4 is 0 Å². The lowest BCUT2D eigenvalue weighted by molar-refractivity contribution is -0.143. The zero-order valence-corrected chi connectivity index (χ0v) is 15.9. The Morgan fingerprint density at radius 3 is 2.93 bits per heavy atom. The number of carbonyl (C=O) groups excluding carboxylic acids is 2. The molecule has 6 nitrogen and oxygen atoms in total. The van der Waals surface area contributed by atoms with E-state index >= 15 is 0 Å². The van der Waals surface area contributed by atoms with E-state index in [1.807, 2.05) is 51.2 Å². The largest absolute Gasteiger partial charge is 0.465 e. The predicted molar refractivity (Wildman–Crippen MR) is 103 cm³/mol. The number of ether oxygens (including phenoxy) is 1. The lowest BCUT2D eigenvalue weighted by atomic mass is 10.1. The summed E-state index contributed by atoms with van der Waals surface area (Å²) in [6.45, 7) is 3.49. The van der Waals surface area contributed by atoms with Gasteiger partial charge in [-0.05, 0) is 30.5 Å². The van der Waals surface area contributed by atoms with Crippen LogP contribution in [0.2, 0.25) is 0 Å². The minimum absolute atomic E-state index is 0.0284. The Labute approximate surface area is 161 Å². The van der Waals surface area contributed by atoms with Gasteiger partial charge in [0.1, 0.15) is 12.4 Å². The van der Waals surface area contributed by atoms with E-state index in [9.17, 15) is 9.59 Å². The van der Waals surface area contributed by atoms with E-state index < -0.39 is 0 Å². The number of hydrogen-bond acceptors (Lipinski definition) is 5. The fourth-order valence-electron chi connectivity index (χ4n) is 3.60. The van der Waals surface area contributed by atoms with E-state index in [-0.39, 0.29) is 24.3 Å². The first-order valence-corrected chi connectivity index (χ1v) is 9.94. The highest BCUT2D eigenvalue weighted by molar-refractivity contribution is 7.09. The monoisotopic (exact) mass is 383 g/mol. The van der Waals surface area contributed by atoms with Crippen LogP contribution in [-0.4, -0.2) is 39.5 Å². The molecule has 1 atom stereocenters. The normalized spacial score (nSPS) is 17.0. The second-order valence-corrected chi connectivity index (χ2v) is 7.64. The maximum atomic E-state index is 12.5. The Kier molecular flexibility index (Phi) is 4.94. The van der Waals surface area contributed by atoms with Crippen molar-refractivity contribution in [2.24, 2.45) is 0 Å². The molecule has 1 amide bonds. The molecule has 1 aromatic carbocycles. The Hall–Kier alpha value is -2.67. The predicted octanol–water partition coefficient (Wildman–Crippen LogP) is 3.18. The third-order valence-electron chi connectivity index (χ3n) is 4.78. The standard InChI is InChI=1S/C20H21N3O3S/c1-2-26-19(25)13-23-17-8-4-3-7-16(17)21-20(23)14-10-18(24)22(11-14)12-15-6-5-9-27-15/h3-9,14H,2,10-13H2,1H3. The second kappa shape index (κ2) is 7.52. The number of aromatic nitrogens is 2. The average molecular weight is 383 g/mol. The average Bonchev–Trinajstić information content (AvgIpc) is 3.36. The molecule has 1 saturated heterocycles. The summed E-state index contributed by atoms with van der Waals surface area (Å²) >= 11 is 1.65. The molecule has 0 saturated carbocycles. The van der Waals surface area contributed by atoms with Gasteiger partial charge >= 0.3 is 5.97 Å². The van der Waals surface area contributed by atoms with Gasteiger partial charge in [-0.1, -0.05) is 18.2 Å². The van der Waals surface area contributed by atoms with Crippen molar-refractivity contribution in [3.8, 4) is 0 Å². The molecule has 0 radical (unpaired) electrons. The number of imidazole rings is 1. The van der Waals surface area contributed by atoms with Crippen molar-refractivity contribution in [3.05, 3.63) is 52.5 Å². The maximum Gasteiger partial charge on any atom is 0.326 e. The topological polar surface area (TPSA) is 64.4 Å². The molecule has 3 aromatic rings. The van der Waals surface area contributed by atoms with E-state index in [0.717, 1.165) is 16.9 Å². The fraction of sp³-hybridized carbons (Fsp3) is 0.350. The summed E-state index contributed by atoms with van der Waals surface area (Å²) in [5.74, 6) is 0.593. The highest BCUT2D eigenvalue weighted by Gasteiger charge is 2.34. The molecule has 1 aliphatic heterocycles. The molecule has 2 aromatic heterocycles. The number of likely N-dealkylation sites (tertiary alicyclic amines) is 1. The fourth-order valence-corrected chi connectivity index (χ4v) is 4.32. The van der Waals surface area contributed by atoms with Gasteiger partial charge < -0.3 is 14.2 Å². The summed E-state index contributed by atoms with van der Waals surface area (Å²) in [6.07, 6.45) is 0.414. The molecule has 4 rings (SSSR count). The number of hydrogen-bond donors (Lipinski definition) is 0. The quantitative estimate of drug-likeness (QED) is 0.613. The van der Waals surface area contributed by atoms with Gasteiger partial charge in [0.05, 0.1) is 24.2 Å². The Morgan fingerprint density at radius 2 is 2.15 bits per heavy atom. The zero-order valence-electron chi connectivity index (χ0n) is 15.1. The number of para-hydroxylation sites is 2. The smallest absolute Gasteiger partial charge is 0.326 e. The van der Waals surface area contributed by atoms with E-state index in [2.05, 4.69) is 0 Å². The third kappa shape index (κ3) is 3.60. The minimum atomic E-state index is -0.290. The molecule has 1 fully saturated rings. The summed E-state index contributed by atoms with van der Waals surface area (Å²) in [4.78, 5) is 32.5. The van der Waals surface area contributed by atoms with Crippen molar-refractivity contribution < 1.29 is 14.3 Å². The van der Waals surface area contributed by atoms with Gasteiger partial charge in [-0.25, -0.2) is 4.98 Å². The highest BCUT2D eigenvalue weighted by atomic mass is 32.1. The van der Waals surface area contributed by atoms with E-state index in [1.54, 1.807) is 18.3 Å². The molecule has 0 N–H and O–H groups in total. The first kappa shape index (κ1) is 17.7. The number of nitrogens with zero attached hydrogens (tertiary/aromatic N) is 3. The Balaban J connectivity index is 1.62. The molecule has 140 valence electrons. The van der Waals surface area contributed by atoms with Gasteiger partial charge in [0.25, 0.3) is 0 Å². The van der Waals surface area contributed by atoms with Crippen LogP contribution in [-0.2, 0) is 27.4 Å². The van der Waals surface area contributed by atoms with Crippen molar-refractivity contribution in [1.82, 2.24) is 14.5 Å². The van der Waals surface area contributed by atoms with Gasteiger partial charge in [0, 0.05) is 23.8 Å². The van der Waals surface area contributed by atoms with E-state index in [0.29, 0.717) is 26.1 Å². The van der Waals surface area contributed by atoms with Gasteiger partial charge in [0.2, 0.25) is 5.91 Å². The van der Waals surface area contributed by atoms with Crippen LogP contribution in [0.5, 0.6) is 0 Å². The summed E-state index contributed by atoms with van der Waals surface area (Å²) in [6, 6.07) is 11.8. The SMILES string of the molecule is CCOC(=O)Cn1c(C2CC(=O)N(Cc3cccs3)C2)nc2ccccc21. The summed E-state index contributed by atoms with van der Waals surface area (Å²) in [7, 11) is 0. The van der Waals surface area contributed by atoms with Crippen molar-refractivity contribution in [3.63, 3.8) is 0 Å². The van der Waals surface area contributed by atoms with Crippen LogP contribution in [0.15, 0.2) is 41.8 Å². The molecule has 3 heterocycles. The lowest BCUT2D eigenvalue weighted by Gasteiger charge is -2.16. The summed E-state index contributed by atoms with van der Waals surface area (Å²) in [5, 5.41) is 2.02. The maximum absolute atomic E-state index is 12.5. The molecular formula is C20H21N3O3S. The summed E-state index contributed by atoms with van der Waals surface area (Å²) < 4.78 is 7.03. The highest BCUT2D eigenvalue weighted by Crippen LogP contribution is 2.31. The molecule has 1 unspecified atom stereocenters. The molecule has 0 aliphatic carbocycles. The third-order valence-corrected chi connectivity index (χ3v) is 5.64. The van der Waals surface area contributed by atoms with E-state index in [1.165, 1.54) is 4.88 Å². The minimum Gasteiger partial charge on any atom is -0.465 e. The van der Waals surface area contributed by atoms with Crippen LogP contribution >= 0.6 is 11.3 Å². The molecule has 27 heavy (non-hydrogen) atoms. The van der Waals surface area contributed by atoms with Crippen LogP contribution in [0, 0.1) is 0 Å². The molecule has 1 aliphatic rings. The number of fused-ring (bicyclic) bond motifs is 1. The van der Waals surface area contributed by atoms with Crippen molar-refractivity contribution >= 4 is 34.2 Å². The van der Waals surface area contributed by atoms with Gasteiger partial charge in [-0.15, -0.1) is 11.3 Å². The molecule has 0 bridgehead atoms. The molecule has 7 heteroatoms. The van der Waals surface area contributed by atoms with Crippen LogP contribution in [0.3, 0.4) is 0 Å². The number of carbonyl (C=O) groups is 2. The number of benzene rings is 1. The van der Waals surface area contributed by atoms with E-state index in [4.69, 9.17) is 9.72 Å². The van der Waals surface area contributed by atoms with Gasteiger partial charge in [0.15, 0.2) is 0 Å². The first-order chi connectivity index (χ1) is 13.2. The van der Waals surface area contributed by atoms with Crippen molar-refractivity contribution in [2.75, 3.05) is 13.2 Å². The van der Waals surface area contributed by atoms with Crippen LogP contribution in [0.1, 0.15) is 30.0 Å². The second-order valence-electron chi connectivity index (χ2n) is 6.60.